The van der Waals surface area contributed by atoms with E-state index in [2.05, 4.69) is 4.98 Å². The Labute approximate surface area is 105 Å². The summed E-state index contributed by atoms with van der Waals surface area (Å²) in [7, 11) is 0. The molecule has 0 atom stereocenters. The highest BCUT2D eigenvalue weighted by Crippen LogP contribution is 2.04. The van der Waals surface area contributed by atoms with E-state index in [9.17, 15) is 4.79 Å². The van der Waals surface area contributed by atoms with Gasteiger partial charge in [0.2, 0.25) is 0 Å². The van der Waals surface area contributed by atoms with Crippen LogP contribution in [-0.2, 0) is 0 Å². The summed E-state index contributed by atoms with van der Waals surface area (Å²) >= 11 is 11.3. The van der Waals surface area contributed by atoms with Crippen LogP contribution in [0.4, 0.5) is 0 Å². The normalized spacial score (nSPS) is 10.2. The second-order valence-corrected chi connectivity index (χ2v) is 4.09. The summed E-state index contributed by atoms with van der Waals surface area (Å²) in [5.74, 6) is 0.674. The number of halogens is 2. The average molecular weight is 261 g/mol. The molecule has 5 heteroatoms. The summed E-state index contributed by atoms with van der Waals surface area (Å²) in [4.78, 5) is 17.8. The van der Waals surface area contributed by atoms with Gasteiger partial charge in [-0.15, -0.1) is 23.2 Å². The first-order valence-electron chi connectivity index (χ1n) is 5.04. The van der Waals surface area contributed by atoms with Crippen LogP contribution in [0.3, 0.4) is 0 Å². The minimum absolute atomic E-state index is 0.120. The molecule has 88 valence electrons. The third kappa shape index (κ3) is 3.65. The number of pyridine rings is 1. The van der Waals surface area contributed by atoms with Gasteiger partial charge in [-0.05, 0) is 19.1 Å². The van der Waals surface area contributed by atoms with Gasteiger partial charge in [0, 0.05) is 30.5 Å². The molecule has 1 aromatic heterocycles. The molecule has 0 spiro atoms. The highest BCUT2D eigenvalue weighted by molar-refractivity contribution is 6.18. The van der Waals surface area contributed by atoms with Gasteiger partial charge in [0.1, 0.15) is 5.69 Å². The zero-order chi connectivity index (χ0) is 12.0. The van der Waals surface area contributed by atoms with Gasteiger partial charge in [0.05, 0.1) is 0 Å². The second-order valence-electron chi connectivity index (χ2n) is 3.33. The molecule has 0 aromatic carbocycles. The van der Waals surface area contributed by atoms with Crippen molar-refractivity contribution in [3.63, 3.8) is 0 Å². The Morgan fingerprint density at radius 3 is 2.44 bits per heavy atom. The van der Waals surface area contributed by atoms with Crippen LogP contribution < -0.4 is 0 Å². The van der Waals surface area contributed by atoms with Gasteiger partial charge in [-0.1, -0.05) is 6.07 Å². The summed E-state index contributed by atoms with van der Waals surface area (Å²) < 4.78 is 0. The van der Waals surface area contributed by atoms with Gasteiger partial charge in [-0.3, -0.25) is 4.79 Å². The van der Waals surface area contributed by atoms with Gasteiger partial charge >= 0.3 is 0 Å². The molecule has 1 rings (SSSR count). The highest BCUT2D eigenvalue weighted by Gasteiger charge is 2.15. The molecule has 0 fully saturated rings. The van der Waals surface area contributed by atoms with Crippen molar-refractivity contribution in [2.24, 2.45) is 0 Å². The van der Waals surface area contributed by atoms with Crippen LogP contribution >= 0.6 is 23.2 Å². The standard InChI is InChI=1S/C11H14Cl2N2O/c1-9-3-2-4-10(14-9)11(16)15(7-5-12)8-6-13/h2-4H,5-8H2,1H3. The second kappa shape index (κ2) is 6.71. The first kappa shape index (κ1) is 13.3. The topological polar surface area (TPSA) is 33.2 Å². The summed E-state index contributed by atoms with van der Waals surface area (Å²) in [5, 5.41) is 0. The molecule has 0 saturated carbocycles. The van der Waals surface area contributed by atoms with E-state index in [1.165, 1.54) is 0 Å². The van der Waals surface area contributed by atoms with Crippen molar-refractivity contribution in [3.05, 3.63) is 29.6 Å². The lowest BCUT2D eigenvalue weighted by Crippen LogP contribution is -2.35. The predicted octanol–water partition coefficient (Wildman–Crippen LogP) is 2.31. The molecule has 0 saturated heterocycles. The molecule has 0 aliphatic carbocycles. The SMILES string of the molecule is Cc1cccc(C(=O)N(CCCl)CCCl)n1. The lowest BCUT2D eigenvalue weighted by atomic mass is 10.3. The van der Waals surface area contributed by atoms with Crippen molar-refractivity contribution >= 4 is 29.1 Å². The molecule has 3 nitrogen and oxygen atoms in total. The quantitative estimate of drug-likeness (QED) is 0.762. The molecule has 0 bridgehead atoms. The minimum Gasteiger partial charge on any atom is -0.335 e. The average Bonchev–Trinajstić information content (AvgIpc) is 2.28. The predicted molar refractivity (Wildman–Crippen MR) is 66.3 cm³/mol. The number of alkyl halides is 2. The van der Waals surface area contributed by atoms with E-state index in [0.29, 0.717) is 30.5 Å². The van der Waals surface area contributed by atoms with E-state index in [1.54, 1.807) is 11.0 Å². The molecule has 1 heterocycles. The van der Waals surface area contributed by atoms with Crippen molar-refractivity contribution in [1.29, 1.82) is 0 Å². The fraction of sp³-hybridized carbons (Fsp3) is 0.455. The largest absolute Gasteiger partial charge is 0.335 e. The van der Waals surface area contributed by atoms with Crippen LogP contribution in [-0.4, -0.2) is 40.6 Å². The van der Waals surface area contributed by atoms with Crippen LogP contribution in [0.15, 0.2) is 18.2 Å². The maximum absolute atomic E-state index is 12.0. The van der Waals surface area contributed by atoms with Gasteiger partial charge in [-0.2, -0.15) is 0 Å². The van der Waals surface area contributed by atoms with Crippen molar-refractivity contribution in [1.82, 2.24) is 9.88 Å². The Kier molecular flexibility index (Phi) is 5.56. The van der Waals surface area contributed by atoms with Crippen LogP contribution in [0.25, 0.3) is 0 Å². The van der Waals surface area contributed by atoms with Crippen molar-refractivity contribution in [3.8, 4) is 0 Å². The van der Waals surface area contributed by atoms with Crippen molar-refractivity contribution in [2.75, 3.05) is 24.8 Å². The number of hydrogen-bond donors (Lipinski definition) is 0. The van der Waals surface area contributed by atoms with Gasteiger partial charge in [0.25, 0.3) is 5.91 Å². The molecule has 0 aliphatic rings. The maximum atomic E-state index is 12.0. The summed E-state index contributed by atoms with van der Waals surface area (Å²) in [6, 6.07) is 5.37. The fourth-order valence-electron chi connectivity index (χ4n) is 1.34. The Bertz CT molecular complexity index is 352. The van der Waals surface area contributed by atoms with E-state index >= 15 is 0 Å². The van der Waals surface area contributed by atoms with Crippen molar-refractivity contribution < 1.29 is 4.79 Å². The number of carbonyl (C=O) groups is 1. The number of hydrogen-bond acceptors (Lipinski definition) is 2. The van der Waals surface area contributed by atoms with E-state index < -0.39 is 0 Å². The zero-order valence-corrected chi connectivity index (χ0v) is 10.6. The summed E-state index contributed by atoms with van der Waals surface area (Å²) in [5.41, 5.74) is 1.26. The Hall–Kier alpha value is -0.800. The molecule has 0 unspecified atom stereocenters. The Balaban J connectivity index is 2.81. The van der Waals surface area contributed by atoms with Gasteiger partial charge in [-0.25, -0.2) is 4.98 Å². The lowest BCUT2D eigenvalue weighted by Gasteiger charge is -2.19. The smallest absolute Gasteiger partial charge is 0.272 e. The van der Waals surface area contributed by atoms with E-state index in [1.807, 2.05) is 19.1 Å². The highest BCUT2D eigenvalue weighted by atomic mass is 35.5. The third-order valence-electron chi connectivity index (χ3n) is 2.10. The molecule has 1 aromatic rings. The van der Waals surface area contributed by atoms with E-state index in [0.717, 1.165) is 5.69 Å². The molecule has 0 radical (unpaired) electrons. The monoisotopic (exact) mass is 260 g/mol. The van der Waals surface area contributed by atoms with Crippen LogP contribution in [0.1, 0.15) is 16.2 Å². The van der Waals surface area contributed by atoms with E-state index in [-0.39, 0.29) is 5.91 Å². The van der Waals surface area contributed by atoms with Crippen molar-refractivity contribution in [2.45, 2.75) is 6.92 Å². The van der Waals surface area contributed by atoms with Gasteiger partial charge in [0.15, 0.2) is 0 Å². The number of nitrogens with zero attached hydrogens (tertiary/aromatic N) is 2. The summed E-state index contributed by atoms with van der Waals surface area (Å²) in [6.45, 7) is 2.83. The Morgan fingerprint density at radius 1 is 1.31 bits per heavy atom. The molecule has 16 heavy (non-hydrogen) atoms. The number of carbonyl (C=O) groups excluding carboxylic acids is 1. The molecule has 0 N–H and O–H groups in total. The number of amides is 1. The minimum atomic E-state index is -0.120. The molecular formula is C11H14Cl2N2O. The molecular weight excluding hydrogens is 247 g/mol. The first-order valence-corrected chi connectivity index (χ1v) is 6.10. The van der Waals surface area contributed by atoms with Gasteiger partial charge < -0.3 is 4.90 Å². The Morgan fingerprint density at radius 2 is 1.94 bits per heavy atom. The molecule has 0 aliphatic heterocycles. The zero-order valence-electron chi connectivity index (χ0n) is 9.12. The van der Waals surface area contributed by atoms with Crippen LogP contribution in [0, 0.1) is 6.92 Å². The number of aromatic nitrogens is 1. The lowest BCUT2D eigenvalue weighted by molar-refractivity contribution is 0.0769. The molecule has 1 amide bonds. The third-order valence-corrected chi connectivity index (χ3v) is 2.44. The summed E-state index contributed by atoms with van der Waals surface area (Å²) in [6.07, 6.45) is 0. The first-order chi connectivity index (χ1) is 7.69. The van der Waals surface area contributed by atoms with Crippen LogP contribution in [0.2, 0.25) is 0 Å². The maximum Gasteiger partial charge on any atom is 0.272 e. The van der Waals surface area contributed by atoms with Crippen LogP contribution in [0.5, 0.6) is 0 Å². The number of aryl methyl sites for hydroxylation is 1. The number of rotatable bonds is 5. The van der Waals surface area contributed by atoms with E-state index in [4.69, 9.17) is 23.2 Å². The fourth-order valence-corrected chi connectivity index (χ4v) is 1.75.